The van der Waals surface area contributed by atoms with Crippen LogP contribution in [0.3, 0.4) is 0 Å². The Bertz CT molecular complexity index is 649. The summed E-state index contributed by atoms with van der Waals surface area (Å²) in [6.07, 6.45) is 0. The third-order valence-corrected chi connectivity index (χ3v) is 4.88. The van der Waals surface area contributed by atoms with Crippen LogP contribution in [0.4, 0.5) is 0 Å². The molecule has 0 aliphatic heterocycles. The Labute approximate surface area is 149 Å². The number of ether oxygens (including phenoxy) is 1. The molecule has 0 bridgehead atoms. The van der Waals surface area contributed by atoms with Gasteiger partial charge in [0, 0.05) is 15.8 Å². The lowest BCUT2D eigenvalue weighted by molar-refractivity contribution is -0.119. The van der Waals surface area contributed by atoms with Crippen molar-refractivity contribution < 1.29 is 9.53 Å². The van der Waals surface area contributed by atoms with E-state index >= 15 is 0 Å². The highest BCUT2D eigenvalue weighted by atomic mass is 79.9. The summed E-state index contributed by atoms with van der Waals surface area (Å²) in [4.78, 5) is 12.1. The topological polar surface area (TPSA) is 38.3 Å². The average molecular weight is 394 g/mol. The Morgan fingerprint density at radius 1 is 1.26 bits per heavy atom. The van der Waals surface area contributed by atoms with Gasteiger partial charge < -0.3 is 10.1 Å². The molecule has 3 nitrogen and oxygen atoms in total. The SMILES string of the molecule is COc1ccc(Br)cc1CSCC(=O)N[C@@H](C)c1ccccc1. The van der Waals surface area contributed by atoms with Gasteiger partial charge in [-0.05, 0) is 30.7 Å². The number of hydrogen-bond donors (Lipinski definition) is 1. The number of carbonyl (C=O) groups excluding carboxylic acids is 1. The lowest BCUT2D eigenvalue weighted by Crippen LogP contribution is -2.28. The predicted octanol–water partition coefficient (Wildman–Crippen LogP) is 4.57. The van der Waals surface area contributed by atoms with Crippen LogP contribution >= 0.6 is 27.7 Å². The van der Waals surface area contributed by atoms with Gasteiger partial charge in [0.15, 0.2) is 0 Å². The zero-order valence-corrected chi connectivity index (χ0v) is 15.6. The van der Waals surface area contributed by atoms with Crippen LogP contribution in [0.15, 0.2) is 53.0 Å². The molecular weight excluding hydrogens is 374 g/mol. The van der Waals surface area contributed by atoms with Gasteiger partial charge in [0.2, 0.25) is 5.91 Å². The van der Waals surface area contributed by atoms with E-state index in [-0.39, 0.29) is 11.9 Å². The fourth-order valence-corrected chi connectivity index (χ4v) is 3.45. The molecular formula is C18H20BrNO2S. The van der Waals surface area contributed by atoms with Crippen molar-refractivity contribution in [1.82, 2.24) is 5.32 Å². The Morgan fingerprint density at radius 2 is 2.00 bits per heavy atom. The second-order valence-electron chi connectivity index (χ2n) is 5.15. The summed E-state index contributed by atoms with van der Waals surface area (Å²) in [5.74, 6) is 2.04. The maximum atomic E-state index is 12.1. The fourth-order valence-electron chi connectivity index (χ4n) is 2.22. The molecule has 1 atom stereocenters. The monoisotopic (exact) mass is 393 g/mol. The van der Waals surface area contributed by atoms with Gasteiger partial charge in [-0.25, -0.2) is 0 Å². The minimum absolute atomic E-state index is 0.0182. The third kappa shape index (κ3) is 5.59. The molecule has 2 aromatic rings. The molecule has 0 aliphatic carbocycles. The molecule has 5 heteroatoms. The molecule has 2 rings (SSSR count). The molecule has 0 fully saturated rings. The van der Waals surface area contributed by atoms with E-state index in [1.807, 2.05) is 55.5 Å². The largest absolute Gasteiger partial charge is 0.496 e. The third-order valence-electron chi connectivity index (χ3n) is 3.41. The van der Waals surface area contributed by atoms with Crippen LogP contribution in [0.1, 0.15) is 24.1 Å². The van der Waals surface area contributed by atoms with E-state index in [0.29, 0.717) is 5.75 Å². The van der Waals surface area contributed by atoms with Crippen LogP contribution in [0.25, 0.3) is 0 Å². The van der Waals surface area contributed by atoms with Crippen molar-refractivity contribution in [2.45, 2.75) is 18.7 Å². The van der Waals surface area contributed by atoms with E-state index < -0.39 is 0 Å². The van der Waals surface area contributed by atoms with Crippen molar-refractivity contribution in [2.24, 2.45) is 0 Å². The van der Waals surface area contributed by atoms with Gasteiger partial charge in [0.1, 0.15) is 5.75 Å². The highest BCUT2D eigenvalue weighted by Crippen LogP contribution is 2.26. The number of halogens is 1. The van der Waals surface area contributed by atoms with Crippen LogP contribution < -0.4 is 10.1 Å². The van der Waals surface area contributed by atoms with Gasteiger partial charge >= 0.3 is 0 Å². The van der Waals surface area contributed by atoms with Gasteiger partial charge in [0.05, 0.1) is 18.9 Å². The lowest BCUT2D eigenvalue weighted by Gasteiger charge is -2.14. The Morgan fingerprint density at radius 3 is 2.70 bits per heavy atom. The summed E-state index contributed by atoms with van der Waals surface area (Å²) >= 11 is 5.04. The molecule has 0 heterocycles. The van der Waals surface area contributed by atoms with Crippen LogP contribution in [0, 0.1) is 0 Å². The van der Waals surface area contributed by atoms with E-state index in [9.17, 15) is 4.79 Å². The maximum absolute atomic E-state index is 12.1. The molecule has 0 aromatic heterocycles. The van der Waals surface area contributed by atoms with E-state index in [1.54, 1.807) is 18.9 Å². The van der Waals surface area contributed by atoms with Crippen LogP contribution in [0.5, 0.6) is 5.75 Å². The normalized spacial score (nSPS) is 11.8. The standard InChI is InChI=1S/C18H20BrNO2S/c1-13(14-6-4-3-5-7-14)20-18(21)12-23-11-15-10-16(19)8-9-17(15)22-2/h3-10,13H,11-12H2,1-2H3,(H,20,21)/t13-/m0/s1. The summed E-state index contributed by atoms with van der Waals surface area (Å²) in [5.41, 5.74) is 2.19. The smallest absolute Gasteiger partial charge is 0.230 e. The first-order valence-corrected chi connectivity index (χ1v) is 9.29. The highest BCUT2D eigenvalue weighted by Gasteiger charge is 2.10. The number of hydrogen-bond acceptors (Lipinski definition) is 3. The van der Waals surface area contributed by atoms with Crippen molar-refractivity contribution in [2.75, 3.05) is 12.9 Å². The second kappa shape index (κ2) is 8.99. The number of methoxy groups -OCH3 is 1. The molecule has 0 aliphatic rings. The van der Waals surface area contributed by atoms with Crippen LogP contribution in [-0.4, -0.2) is 18.8 Å². The Kier molecular flexibility index (Phi) is 6.99. The summed E-state index contributed by atoms with van der Waals surface area (Å²) in [5, 5.41) is 3.02. The van der Waals surface area contributed by atoms with Crippen molar-refractivity contribution in [3.63, 3.8) is 0 Å². The van der Waals surface area contributed by atoms with Crippen LogP contribution in [0.2, 0.25) is 0 Å². The molecule has 1 amide bonds. The number of nitrogens with one attached hydrogen (secondary N) is 1. The van der Waals surface area contributed by atoms with E-state index in [2.05, 4.69) is 21.2 Å². The molecule has 122 valence electrons. The van der Waals surface area contributed by atoms with Crippen molar-refractivity contribution >= 4 is 33.6 Å². The van der Waals surface area contributed by atoms with Gasteiger partial charge in [-0.1, -0.05) is 46.3 Å². The molecule has 0 spiro atoms. The van der Waals surface area contributed by atoms with Gasteiger partial charge in [-0.2, -0.15) is 0 Å². The molecule has 0 saturated heterocycles. The number of carbonyl (C=O) groups is 1. The van der Waals surface area contributed by atoms with E-state index in [1.165, 1.54) is 0 Å². The van der Waals surface area contributed by atoms with Crippen molar-refractivity contribution in [1.29, 1.82) is 0 Å². The van der Waals surface area contributed by atoms with Crippen LogP contribution in [-0.2, 0) is 10.5 Å². The predicted molar refractivity (Wildman–Crippen MR) is 99.9 cm³/mol. The zero-order chi connectivity index (χ0) is 16.7. The lowest BCUT2D eigenvalue weighted by atomic mass is 10.1. The number of benzene rings is 2. The first-order valence-electron chi connectivity index (χ1n) is 7.34. The van der Waals surface area contributed by atoms with E-state index in [4.69, 9.17) is 4.74 Å². The molecule has 1 N–H and O–H groups in total. The molecule has 23 heavy (non-hydrogen) atoms. The molecule has 0 unspecified atom stereocenters. The quantitative estimate of drug-likeness (QED) is 0.748. The summed E-state index contributed by atoms with van der Waals surface area (Å²) < 4.78 is 6.36. The molecule has 2 aromatic carbocycles. The van der Waals surface area contributed by atoms with Crippen molar-refractivity contribution in [3.05, 3.63) is 64.1 Å². The minimum Gasteiger partial charge on any atom is -0.496 e. The summed E-state index contributed by atoms with van der Waals surface area (Å²) in [6.45, 7) is 2.00. The van der Waals surface area contributed by atoms with E-state index in [0.717, 1.165) is 27.1 Å². The highest BCUT2D eigenvalue weighted by molar-refractivity contribution is 9.10. The fraction of sp³-hybridized carbons (Fsp3) is 0.278. The second-order valence-corrected chi connectivity index (χ2v) is 7.05. The maximum Gasteiger partial charge on any atom is 0.230 e. The number of amides is 1. The first-order chi connectivity index (χ1) is 11.1. The average Bonchev–Trinajstić information content (AvgIpc) is 2.56. The summed E-state index contributed by atoms with van der Waals surface area (Å²) in [6, 6.07) is 15.9. The molecule has 0 radical (unpaired) electrons. The molecule has 0 saturated carbocycles. The van der Waals surface area contributed by atoms with Gasteiger partial charge in [-0.15, -0.1) is 11.8 Å². The zero-order valence-electron chi connectivity index (χ0n) is 13.2. The summed E-state index contributed by atoms with van der Waals surface area (Å²) in [7, 11) is 1.66. The first kappa shape index (κ1) is 17.9. The Balaban J connectivity index is 1.82. The minimum atomic E-state index is 0.0182. The Hall–Kier alpha value is -1.46. The number of thioether (sulfide) groups is 1. The van der Waals surface area contributed by atoms with Gasteiger partial charge in [0.25, 0.3) is 0 Å². The van der Waals surface area contributed by atoms with Gasteiger partial charge in [-0.3, -0.25) is 4.79 Å². The number of rotatable bonds is 7. The van der Waals surface area contributed by atoms with Crippen molar-refractivity contribution in [3.8, 4) is 5.75 Å².